The third kappa shape index (κ3) is 3.23. The van der Waals surface area contributed by atoms with E-state index in [1.54, 1.807) is 12.1 Å². The number of nitrogens with one attached hydrogen (secondary N) is 1. The molecular formula is C10H12N2O3S. The highest BCUT2D eigenvalue weighted by Gasteiger charge is 2.08. The average molecular weight is 240 g/mol. The lowest BCUT2D eigenvalue weighted by Gasteiger charge is -2.09. The first-order chi connectivity index (χ1) is 7.54. The summed E-state index contributed by atoms with van der Waals surface area (Å²) >= 11 is 1.19. The van der Waals surface area contributed by atoms with E-state index in [0.29, 0.717) is 12.1 Å². The van der Waals surface area contributed by atoms with Gasteiger partial charge in [0.2, 0.25) is 6.41 Å². The summed E-state index contributed by atoms with van der Waals surface area (Å²) in [5.41, 5.74) is 2.56. The van der Waals surface area contributed by atoms with Gasteiger partial charge >= 0.3 is 0 Å². The fourth-order valence-electron chi connectivity index (χ4n) is 1.45. The van der Waals surface area contributed by atoms with Crippen molar-refractivity contribution in [1.29, 1.82) is 0 Å². The van der Waals surface area contributed by atoms with E-state index in [1.807, 2.05) is 13.8 Å². The predicted molar refractivity (Wildman–Crippen MR) is 63.3 cm³/mol. The maximum absolute atomic E-state index is 10.3. The minimum absolute atomic E-state index is 0.151. The Balaban J connectivity index is 2.93. The number of thioether (sulfide) groups is 1. The largest absolute Gasteiger partial charge is 0.329 e. The molecule has 1 rings (SSSR count). The lowest BCUT2D eigenvalue weighted by Crippen LogP contribution is -1.99. The van der Waals surface area contributed by atoms with Gasteiger partial charge in [-0.25, -0.2) is 0 Å². The zero-order chi connectivity index (χ0) is 12.1. The molecule has 0 aliphatic heterocycles. The topological polar surface area (TPSA) is 72.2 Å². The molecule has 0 saturated heterocycles. The van der Waals surface area contributed by atoms with Crippen LogP contribution in [0.25, 0.3) is 0 Å². The molecule has 0 radical (unpaired) electrons. The Morgan fingerprint density at radius 2 is 2.00 bits per heavy atom. The average Bonchev–Trinajstić information content (AvgIpc) is 2.16. The van der Waals surface area contributed by atoms with Crippen LogP contribution in [-0.2, 0) is 4.79 Å². The summed E-state index contributed by atoms with van der Waals surface area (Å²) in [4.78, 5) is 21.1. The molecule has 0 aliphatic rings. The monoisotopic (exact) mass is 240 g/mol. The zero-order valence-corrected chi connectivity index (χ0v) is 9.84. The molecule has 6 heteroatoms. The number of rotatable bonds is 5. The molecule has 86 valence electrons. The Labute approximate surface area is 97.4 Å². The summed E-state index contributed by atoms with van der Waals surface area (Å²) in [6.45, 7) is 3.73. The number of hydrogen-bond donors (Lipinski definition) is 1. The number of hydrogen-bond acceptors (Lipinski definition) is 4. The van der Waals surface area contributed by atoms with Crippen molar-refractivity contribution in [1.82, 2.24) is 0 Å². The van der Waals surface area contributed by atoms with E-state index in [2.05, 4.69) is 5.32 Å². The minimum atomic E-state index is -0.360. The van der Waals surface area contributed by atoms with Gasteiger partial charge in [-0.05, 0) is 48.9 Å². The maximum Gasteiger partial charge on any atom is 0.253 e. The van der Waals surface area contributed by atoms with Gasteiger partial charge in [0.05, 0.1) is 0 Å². The Kier molecular flexibility index (Phi) is 4.30. The fraction of sp³-hybridized carbons (Fsp3) is 0.300. The number of anilines is 1. The molecule has 5 nitrogen and oxygen atoms in total. The fourth-order valence-corrected chi connectivity index (χ4v) is 2.25. The standard InChI is InChI=1S/C10H12N2O3S/c1-7-3-9(11-5-13)4-8(2)10(7)16-6-12(14)15/h3-5H,6H2,1-2H3,(H,11,13). The molecule has 0 spiro atoms. The molecule has 0 fully saturated rings. The minimum Gasteiger partial charge on any atom is -0.329 e. The van der Waals surface area contributed by atoms with Crippen LogP contribution < -0.4 is 5.32 Å². The van der Waals surface area contributed by atoms with Crippen LogP contribution in [0.15, 0.2) is 17.0 Å². The first kappa shape index (κ1) is 12.5. The van der Waals surface area contributed by atoms with Crippen molar-refractivity contribution < 1.29 is 9.72 Å². The van der Waals surface area contributed by atoms with Crippen molar-refractivity contribution in [2.75, 3.05) is 11.2 Å². The van der Waals surface area contributed by atoms with E-state index in [9.17, 15) is 14.9 Å². The summed E-state index contributed by atoms with van der Waals surface area (Å²) in [5, 5.41) is 12.8. The summed E-state index contributed by atoms with van der Waals surface area (Å²) < 4.78 is 0. The van der Waals surface area contributed by atoms with Crippen LogP contribution in [0, 0.1) is 24.0 Å². The van der Waals surface area contributed by atoms with E-state index in [0.717, 1.165) is 16.0 Å². The SMILES string of the molecule is Cc1cc(NC=O)cc(C)c1SC[N+](=O)[O-]. The number of nitrogens with zero attached hydrogens (tertiary/aromatic N) is 1. The van der Waals surface area contributed by atoms with Gasteiger partial charge in [-0.3, -0.25) is 14.9 Å². The summed E-state index contributed by atoms with van der Waals surface area (Å²) in [6, 6.07) is 3.59. The number of aryl methyl sites for hydroxylation is 2. The number of benzene rings is 1. The quantitative estimate of drug-likeness (QED) is 0.281. The van der Waals surface area contributed by atoms with Crippen molar-refractivity contribution >= 4 is 23.9 Å². The second-order valence-electron chi connectivity index (χ2n) is 3.31. The van der Waals surface area contributed by atoms with Crippen LogP contribution in [0.3, 0.4) is 0 Å². The first-order valence-corrected chi connectivity index (χ1v) is 5.59. The molecule has 1 amide bonds. The maximum atomic E-state index is 10.3. The van der Waals surface area contributed by atoms with E-state index >= 15 is 0 Å². The molecule has 0 heterocycles. The van der Waals surface area contributed by atoms with Crippen molar-refractivity contribution in [2.45, 2.75) is 18.7 Å². The Morgan fingerprint density at radius 3 is 2.44 bits per heavy atom. The molecule has 0 saturated carbocycles. The highest BCUT2D eigenvalue weighted by Crippen LogP contribution is 2.29. The lowest BCUT2D eigenvalue weighted by atomic mass is 10.1. The number of carbonyl (C=O) groups is 1. The molecule has 0 aromatic heterocycles. The number of nitro groups is 1. The van der Waals surface area contributed by atoms with Crippen molar-refractivity contribution in [3.8, 4) is 0 Å². The van der Waals surface area contributed by atoms with Gasteiger partial charge in [-0.2, -0.15) is 0 Å². The number of amides is 1. The molecule has 1 N–H and O–H groups in total. The molecule has 0 atom stereocenters. The van der Waals surface area contributed by atoms with Crippen molar-refractivity contribution in [2.24, 2.45) is 0 Å². The second-order valence-corrected chi connectivity index (χ2v) is 4.26. The van der Waals surface area contributed by atoms with Crippen LogP contribution in [0.5, 0.6) is 0 Å². The molecule has 1 aromatic rings. The van der Waals surface area contributed by atoms with Gasteiger partial charge in [0.15, 0.2) is 0 Å². The lowest BCUT2D eigenvalue weighted by molar-refractivity contribution is -0.456. The van der Waals surface area contributed by atoms with E-state index < -0.39 is 0 Å². The molecule has 0 aliphatic carbocycles. The molecule has 0 bridgehead atoms. The second kappa shape index (κ2) is 5.50. The smallest absolute Gasteiger partial charge is 0.253 e. The first-order valence-electron chi connectivity index (χ1n) is 4.60. The molecule has 0 unspecified atom stereocenters. The molecule has 1 aromatic carbocycles. The van der Waals surface area contributed by atoms with Crippen LogP contribution in [0.4, 0.5) is 5.69 Å². The highest BCUT2D eigenvalue weighted by molar-refractivity contribution is 7.99. The van der Waals surface area contributed by atoms with Gasteiger partial charge in [0, 0.05) is 15.5 Å². The third-order valence-electron chi connectivity index (χ3n) is 2.00. The predicted octanol–water partition coefficient (Wildman–Crippen LogP) is 2.20. The van der Waals surface area contributed by atoms with Crippen LogP contribution in [0.1, 0.15) is 11.1 Å². The third-order valence-corrected chi connectivity index (χ3v) is 3.27. The van der Waals surface area contributed by atoms with Gasteiger partial charge in [-0.15, -0.1) is 0 Å². The van der Waals surface area contributed by atoms with Gasteiger partial charge in [0.25, 0.3) is 5.88 Å². The summed E-state index contributed by atoms with van der Waals surface area (Å²) in [7, 11) is 0. The molecular weight excluding hydrogens is 228 g/mol. The van der Waals surface area contributed by atoms with Crippen molar-refractivity contribution in [3.63, 3.8) is 0 Å². The van der Waals surface area contributed by atoms with E-state index in [4.69, 9.17) is 0 Å². The van der Waals surface area contributed by atoms with Crippen LogP contribution in [0.2, 0.25) is 0 Å². The van der Waals surface area contributed by atoms with E-state index in [1.165, 1.54) is 11.8 Å². The van der Waals surface area contributed by atoms with Gasteiger partial charge in [0.1, 0.15) is 0 Å². The van der Waals surface area contributed by atoms with E-state index in [-0.39, 0.29) is 10.8 Å². The molecule has 16 heavy (non-hydrogen) atoms. The normalized spacial score (nSPS) is 9.88. The van der Waals surface area contributed by atoms with Crippen LogP contribution in [-0.4, -0.2) is 17.2 Å². The highest BCUT2D eigenvalue weighted by atomic mass is 32.2. The summed E-state index contributed by atoms with van der Waals surface area (Å²) in [6.07, 6.45) is 0.609. The zero-order valence-electron chi connectivity index (χ0n) is 9.02. The Hall–Kier alpha value is -1.56. The Morgan fingerprint density at radius 1 is 1.44 bits per heavy atom. The van der Waals surface area contributed by atoms with Gasteiger partial charge < -0.3 is 5.32 Å². The van der Waals surface area contributed by atoms with Crippen molar-refractivity contribution in [3.05, 3.63) is 33.4 Å². The van der Waals surface area contributed by atoms with Crippen LogP contribution >= 0.6 is 11.8 Å². The number of carbonyl (C=O) groups excluding carboxylic acids is 1. The van der Waals surface area contributed by atoms with Gasteiger partial charge in [-0.1, -0.05) is 0 Å². The summed E-state index contributed by atoms with van der Waals surface area (Å²) in [5.74, 6) is -0.151. The Bertz CT molecular complexity index is 398.